The third-order valence-corrected chi connectivity index (χ3v) is 4.72. The van der Waals surface area contributed by atoms with E-state index in [1.165, 1.54) is 19.4 Å². The van der Waals surface area contributed by atoms with Crippen LogP contribution in [0, 0.1) is 5.92 Å². The van der Waals surface area contributed by atoms with Gasteiger partial charge in [-0.3, -0.25) is 9.47 Å². The molecule has 0 spiro atoms. The average molecular weight is 312 g/mol. The Labute approximate surface area is 115 Å². The van der Waals surface area contributed by atoms with Crippen molar-refractivity contribution in [3.05, 3.63) is 22.9 Å². The predicted octanol–water partition coefficient (Wildman–Crippen LogP) is 2.29. The number of carbonyl (C=O) groups excluding carboxylic acids is 1. The number of hydrogen-bond acceptors (Lipinski definition) is 2. The van der Waals surface area contributed by atoms with Crippen LogP contribution >= 0.6 is 15.9 Å². The van der Waals surface area contributed by atoms with E-state index < -0.39 is 0 Å². The number of aromatic nitrogens is 1. The molecule has 0 aliphatic carbocycles. The summed E-state index contributed by atoms with van der Waals surface area (Å²) in [5.74, 6) is 0.646. The Hall–Kier alpha value is -0.810. The molecule has 0 radical (unpaired) electrons. The van der Waals surface area contributed by atoms with E-state index in [0.717, 1.165) is 11.0 Å². The molecule has 3 unspecified atom stereocenters. The summed E-state index contributed by atoms with van der Waals surface area (Å²) >= 11 is 3.36. The first kappa shape index (κ1) is 12.2. The van der Waals surface area contributed by atoms with Gasteiger partial charge >= 0.3 is 6.03 Å². The van der Waals surface area contributed by atoms with Crippen LogP contribution in [0.1, 0.15) is 19.8 Å². The molecular weight excluding hydrogens is 294 g/mol. The predicted molar refractivity (Wildman–Crippen MR) is 73.6 cm³/mol. The third kappa shape index (κ3) is 2.21. The molecule has 4 rings (SSSR count). The molecule has 18 heavy (non-hydrogen) atoms. The fourth-order valence-electron chi connectivity index (χ4n) is 3.19. The highest BCUT2D eigenvalue weighted by atomic mass is 79.9. The molecule has 4 atom stereocenters. The fourth-order valence-corrected chi connectivity index (χ4v) is 3.53. The van der Waals surface area contributed by atoms with Gasteiger partial charge in [0, 0.05) is 35.5 Å². The number of amides is 1. The van der Waals surface area contributed by atoms with Crippen molar-refractivity contribution in [3.8, 4) is 0 Å². The van der Waals surface area contributed by atoms with Gasteiger partial charge in [-0.05, 0) is 54.2 Å². The summed E-state index contributed by atoms with van der Waals surface area (Å²) < 4.78 is 2.53. The lowest BCUT2D eigenvalue weighted by molar-refractivity contribution is 0.0322. The van der Waals surface area contributed by atoms with Gasteiger partial charge in [0.15, 0.2) is 0 Å². The lowest BCUT2D eigenvalue weighted by atomic mass is 9.80. The number of piperidine rings is 3. The van der Waals surface area contributed by atoms with Gasteiger partial charge in [-0.2, -0.15) is 0 Å². The van der Waals surface area contributed by atoms with Crippen LogP contribution in [0.5, 0.6) is 0 Å². The Morgan fingerprint density at radius 2 is 2.39 bits per heavy atom. The van der Waals surface area contributed by atoms with Crippen LogP contribution < -0.4 is 5.32 Å². The monoisotopic (exact) mass is 311 g/mol. The Morgan fingerprint density at radius 3 is 2.94 bits per heavy atom. The van der Waals surface area contributed by atoms with Crippen LogP contribution in [0.3, 0.4) is 0 Å². The first-order valence-electron chi connectivity index (χ1n) is 6.52. The van der Waals surface area contributed by atoms with Gasteiger partial charge in [0.2, 0.25) is 0 Å². The maximum atomic E-state index is 12.1. The van der Waals surface area contributed by atoms with Gasteiger partial charge in [0.25, 0.3) is 0 Å². The number of fused-ring (bicyclic) bond motifs is 3. The molecule has 3 aliphatic heterocycles. The van der Waals surface area contributed by atoms with Crippen molar-refractivity contribution in [2.24, 2.45) is 5.92 Å². The van der Waals surface area contributed by atoms with Crippen LogP contribution in [-0.4, -0.2) is 40.7 Å². The highest BCUT2D eigenvalue weighted by molar-refractivity contribution is 9.10. The highest BCUT2D eigenvalue weighted by Crippen LogP contribution is 2.31. The van der Waals surface area contributed by atoms with Gasteiger partial charge < -0.3 is 5.32 Å². The molecule has 4 heterocycles. The fraction of sp³-hybridized carbons (Fsp3) is 0.615. The zero-order chi connectivity index (χ0) is 12.7. The molecule has 4 nitrogen and oxygen atoms in total. The maximum absolute atomic E-state index is 12.1. The smallest absolute Gasteiger partial charge is 0.325 e. The molecule has 3 saturated heterocycles. The first-order chi connectivity index (χ1) is 8.63. The first-order valence-corrected chi connectivity index (χ1v) is 7.31. The van der Waals surface area contributed by atoms with Crippen molar-refractivity contribution in [2.45, 2.75) is 31.8 Å². The lowest BCUT2D eigenvalue weighted by Crippen LogP contribution is -2.60. The molecule has 5 heteroatoms. The van der Waals surface area contributed by atoms with Crippen LogP contribution in [-0.2, 0) is 0 Å². The standard InChI is InChI=1S/C13H18BrN3O/c1-9-6-10-2-4-16(9)8-12(10)15-13(18)17-5-3-11(14)7-17/h3,5,7,9-10,12H,2,4,6,8H2,1H3,(H,15,18)/t9?,10?,12-/m0/s1. The van der Waals surface area contributed by atoms with Gasteiger partial charge in [-0.15, -0.1) is 0 Å². The number of rotatable bonds is 1. The molecule has 0 saturated carbocycles. The van der Waals surface area contributed by atoms with E-state index in [2.05, 4.69) is 33.1 Å². The van der Waals surface area contributed by atoms with E-state index >= 15 is 0 Å². The quantitative estimate of drug-likeness (QED) is 0.864. The molecule has 3 aliphatic rings. The Morgan fingerprint density at radius 1 is 1.56 bits per heavy atom. The van der Waals surface area contributed by atoms with Crippen LogP contribution in [0.15, 0.2) is 22.9 Å². The zero-order valence-corrected chi connectivity index (χ0v) is 12.1. The van der Waals surface area contributed by atoms with Crippen molar-refractivity contribution in [3.63, 3.8) is 0 Å². The minimum Gasteiger partial charge on any atom is -0.333 e. The van der Waals surface area contributed by atoms with Crippen molar-refractivity contribution < 1.29 is 4.79 Å². The maximum Gasteiger partial charge on any atom is 0.325 e. The van der Waals surface area contributed by atoms with E-state index in [9.17, 15) is 4.79 Å². The molecule has 98 valence electrons. The summed E-state index contributed by atoms with van der Waals surface area (Å²) in [6.07, 6.45) is 5.99. The Bertz CT molecular complexity index is 459. The lowest BCUT2D eigenvalue weighted by Gasteiger charge is -2.48. The molecule has 1 N–H and O–H groups in total. The number of carbonyl (C=O) groups is 1. The van der Waals surface area contributed by atoms with Crippen molar-refractivity contribution in [2.75, 3.05) is 13.1 Å². The second-order valence-corrected chi connectivity index (χ2v) is 6.34. The normalized spacial score (nSPS) is 34.6. The highest BCUT2D eigenvalue weighted by Gasteiger charge is 2.38. The number of nitrogens with one attached hydrogen (secondary N) is 1. The molecule has 0 aromatic carbocycles. The van der Waals surface area contributed by atoms with Crippen molar-refractivity contribution in [1.82, 2.24) is 14.8 Å². The van der Waals surface area contributed by atoms with Crippen molar-refractivity contribution >= 4 is 22.0 Å². The van der Waals surface area contributed by atoms with Crippen LogP contribution in [0.25, 0.3) is 0 Å². The van der Waals surface area contributed by atoms with Gasteiger partial charge in [-0.1, -0.05) is 0 Å². The van der Waals surface area contributed by atoms with Gasteiger partial charge in [0.1, 0.15) is 0 Å². The van der Waals surface area contributed by atoms with Crippen LogP contribution in [0.4, 0.5) is 4.79 Å². The topological polar surface area (TPSA) is 37.3 Å². The van der Waals surface area contributed by atoms with E-state index in [4.69, 9.17) is 0 Å². The van der Waals surface area contributed by atoms with Crippen molar-refractivity contribution in [1.29, 1.82) is 0 Å². The molecule has 1 amide bonds. The third-order valence-electron chi connectivity index (χ3n) is 4.25. The molecule has 2 bridgehead atoms. The Balaban J connectivity index is 1.65. The average Bonchev–Trinajstić information content (AvgIpc) is 2.77. The summed E-state index contributed by atoms with van der Waals surface area (Å²) in [6, 6.07) is 2.84. The van der Waals surface area contributed by atoms with E-state index in [1.54, 1.807) is 17.0 Å². The summed E-state index contributed by atoms with van der Waals surface area (Å²) in [5, 5.41) is 3.16. The summed E-state index contributed by atoms with van der Waals surface area (Å²) in [4.78, 5) is 14.6. The van der Waals surface area contributed by atoms with Gasteiger partial charge in [0.05, 0.1) is 0 Å². The van der Waals surface area contributed by atoms with E-state index in [1.807, 2.05) is 6.07 Å². The van der Waals surface area contributed by atoms with E-state index in [0.29, 0.717) is 18.0 Å². The second-order valence-electron chi connectivity index (χ2n) is 5.42. The summed E-state index contributed by atoms with van der Waals surface area (Å²) in [7, 11) is 0. The minimum absolute atomic E-state index is 0.0212. The number of halogens is 1. The number of hydrogen-bond donors (Lipinski definition) is 1. The largest absolute Gasteiger partial charge is 0.333 e. The SMILES string of the molecule is CC1CC2CCN1C[C@@H]2NC(=O)n1ccc(Br)c1. The van der Waals surface area contributed by atoms with E-state index in [-0.39, 0.29) is 6.03 Å². The minimum atomic E-state index is -0.0212. The Kier molecular flexibility index (Phi) is 3.20. The summed E-state index contributed by atoms with van der Waals surface area (Å²) in [5.41, 5.74) is 0. The summed E-state index contributed by atoms with van der Waals surface area (Å²) in [6.45, 7) is 4.47. The molecule has 3 fully saturated rings. The molecular formula is C13H18BrN3O. The van der Waals surface area contributed by atoms with Crippen LogP contribution in [0.2, 0.25) is 0 Å². The second kappa shape index (κ2) is 4.70. The number of nitrogens with zero attached hydrogens (tertiary/aromatic N) is 2. The molecule has 1 aromatic heterocycles. The zero-order valence-electron chi connectivity index (χ0n) is 10.5. The van der Waals surface area contributed by atoms with Gasteiger partial charge in [-0.25, -0.2) is 4.79 Å². The molecule has 1 aromatic rings.